The van der Waals surface area contributed by atoms with Crippen molar-refractivity contribution in [1.82, 2.24) is 0 Å². The first-order valence-corrected chi connectivity index (χ1v) is 8.47. The zero-order valence-electron chi connectivity index (χ0n) is 15.5. The van der Waals surface area contributed by atoms with E-state index in [9.17, 15) is 30.3 Å². The lowest BCUT2D eigenvalue weighted by Gasteiger charge is -2.25. The van der Waals surface area contributed by atoms with Crippen LogP contribution in [0.25, 0.3) is 6.08 Å². The third kappa shape index (κ3) is 4.87. The lowest BCUT2D eigenvalue weighted by molar-refractivity contribution is -0.0472. The van der Waals surface area contributed by atoms with Gasteiger partial charge >= 0.3 is 0 Å². The average molecular weight is 372 g/mol. The molecule has 2 aromatic rings. The third-order valence-electron chi connectivity index (χ3n) is 4.34. The highest BCUT2D eigenvalue weighted by Gasteiger charge is 2.28. The van der Waals surface area contributed by atoms with Crippen LogP contribution in [0.2, 0.25) is 0 Å². The van der Waals surface area contributed by atoms with Crippen LogP contribution in [0.5, 0.6) is 17.2 Å². The van der Waals surface area contributed by atoms with Crippen molar-refractivity contribution < 1.29 is 30.3 Å². The Bertz CT molecular complexity index is 877. The molecule has 2 aromatic carbocycles. The summed E-state index contributed by atoms with van der Waals surface area (Å²) in [5, 5.41) is 50.1. The fourth-order valence-corrected chi connectivity index (χ4v) is 2.52. The van der Waals surface area contributed by atoms with Gasteiger partial charge in [0.25, 0.3) is 0 Å². The van der Waals surface area contributed by atoms with Crippen LogP contribution in [0.15, 0.2) is 36.4 Å². The first kappa shape index (κ1) is 20.5. The van der Waals surface area contributed by atoms with Crippen molar-refractivity contribution in [3.05, 3.63) is 58.7 Å². The maximum Gasteiger partial charge on any atom is 0.189 e. The number of carbonyl (C=O) groups excluding carboxylic acids is 1. The summed E-state index contributed by atoms with van der Waals surface area (Å²) in [6.45, 7) is 4.63. The first-order chi connectivity index (χ1) is 12.5. The van der Waals surface area contributed by atoms with Crippen LogP contribution in [0.3, 0.4) is 0 Å². The Hall–Kier alpha value is -2.83. The van der Waals surface area contributed by atoms with Crippen molar-refractivity contribution in [3.63, 3.8) is 0 Å². The lowest BCUT2D eigenvalue weighted by atomic mass is 9.92. The predicted octanol–water partition coefficient (Wildman–Crippen LogP) is 2.68. The Morgan fingerprint density at radius 2 is 1.78 bits per heavy atom. The fourth-order valence-electron chi connectivity index (χ4n) is 2.52. The second kappa shape index (κ2) is 7.82. The van der Waals surface area contributed by atoms with Gasteiger partial charge in [-0.2, -0.15) is 0 Å². The fraction of sp³-hybridized carbons (Fsp3) is 0.286. The lowest BCUT2D eigenvalue weighted by Crippen LogP contribution is -2.37. The number of phenols is 3. The number of aliphatic hydroxyl groups excluding tert-OH is 1. The molecule has 0 amide bonds. The molecule has 0 heterocycles. The molecule has 0 aliphatic carbocycles. The van der Waals surface area contributed by atoms with Crippen LogP contribution in [-0.4, -0.2) is 43.0 Å². The van der Waals surface area contributed by atoms with Gasteiger partial charge in [-0.15, -0.1) is 0 Å². The summed E-state index contributed by atoms with van der Waals surface area (Å²) < 4.78 is 0. The molecule has 27 heavy (non-hydrogen) atoms. The van der Waals surface area contributed by atoms with E-state index in [0.29, 0.717) is 5.56 Å². The highest BCUT2D eigenvalue weighted by Crippen LogP contribution is 2.33. The molecular weight excluding hydrogens is 348 g/mol. The average Bonchev–Trinajstić information content (AvgIpc) is 2.56. The number of carbonyl (C=O) groups is 1. The van der Waals surface area contributed by atoms with Gasteiger partial charge in [0.15, 0.2) is 5.78 Å². The van der Waals surface area contributed by atoms with Gasteiger partial charge in [-0.1, -0.05) is 12.1 Å². The van der Waals surface area contributed by atoms with Crippen LogP contribution in [0.4, 0.5) is 0 Å². The Morgan fingerprint density at radius 1 is 1.11 bits per heavy atom. The zero-order valence-corrected chi connectivity index (χ0v) is 15.5. The Kier molecular flexibility index (Phi) is 5.93. The van der Waals surface area contributed by atoms with E-state index in [0.717, 1.165) is 5.56 Å². The van der Waals surface area contributed by atoms with E-state index in [1.807, 2.05) is 6.92 Å². The molecule has 1 unspecified atom stereocenters. The van der Waals surface area contributed by atoms with E-state index < -0.39 is 23.2 Å². The van der Waals surface area contributed by atoms with Gasteiger partial charge in [0.2, 0.25) is 0 Å². The molecule has 0 fully saturated rings. The summed E-state index contributed by atoms with van der Waals surface area (Å²) in [5.74, 6) is -1.25. The van der Waals surface area contributed by atoms with E-state index in [2.05, 4.69) is 0 Å². The zero-order chi connectivity index (χ0) is 20.4. The number of ketones is 1. The van der Waals surface area contributed by atoms with Gasteiger partial charge in [0, 0.05) is 17.5 Å². The quantitative estimate of drug-likeness (QED) is 0.393. The molecule has 2 rings (SSSR count). The number of aliphatic hydroxyl groups is 2. The van der Waals surface area contributed by atoms with Crippen LogP contribution in [-0.2, 0) is 6.42 Å². The molecule has 5 N–H and O–H groups in total. The van der Waals surface area contributed by atoms with Crippen molar-refractivity contribution in [2.24, 2.45) is 0 Å². The summed E-state index contributed by atoms with van der Waals surface area (Å²) >= 11 is 0. The number of allylic oxidation sites excluding steroid dienone is 1. The molecular formula is C21H24O6. The molecule has 0 saturated heterocycles. The molecule has 144 valence electrons. The minimum absolute atomic E-state index is 0.0259. The molecule has 1 atom stereocenters. The molecule has 0 aromatic heterocycles. The van der Waals surface area contributed by atoms with Gasteiger partial charge < -0.3 is 25.5 Å². The maximum atomic E-state index is 12.4. The number of benzene rings is 2. The number of rotatable bonds is 6. The SMILES string of the molecule is Cc1ccc(/C=C/C(=O)c2ccc(O)c(CC(O)C(C)(C)O)c2O)c(O)c1. The molecule has 0 aliphatic heterocycles. The highest BCUT2D eigenvalue weighted by molar-refractivity contribution is 6.09. The van der Waals surface area contributed by atoms with Crippen LogP contribution in [0, 0.1) is 6.92 Å². The summed E-state index contributed by atoms with van der Waals surface area (Å²) in [7, 11) is 0. The van der Waals surface area contributed by atoms with Crippen LogP contribution < -0.4 is 0 Å². The largest absolute Gasteiger partial charge is 0.508 e. The molecule has 0 radical (unpaired) electrons. The maximum absolute atomic E-state index is 12.4. The van der Waals surface area contributed by atoms with E-state index in [1.165, 1.54) is 38.1 Å². The molecule has 0 bridgehead atoms. The van der Waals surface area contributed by atoms with Gasteiger partial charge in [0.1, 0.15) is 17.2 Å². The van der Waals surface area contributed by atoms with E-state index in [1.54, 1.807) is 18.2 Å². The topological polar surface area (TPSA) is 118 Å². The van der Waals surface area contributed by atoms with Gasteiger partial charge in [0.05, 0.1) is 17.3 Å². The van der Waals surface area contributed by atoms with Gasteiger partial charge in [-0.05, 0) is 56.7 Å². The number of hydrogen-bond donors (Lipinski definition) is 5. The Labute approximate surface area is 157 Å². The molecule has 0 spiro atoms. The summed E-state index contributed by atoms with van der Waals surface area (Å²) in [6, 6.07) is 7.54. The predicted molar refractivity (Wildman–Crippen MR) is 102 cm³/mol. The Morgan fingerprint density at radius 3 is 2.37 bits per heavy atom. The molecule has 0 aliphatic rings. The second-order valence-corrected chi connectivity index (χ2v) is 7.09. The van der Waals surface area contributed by atoms with Gasteiger partial charge in [-0.25, -0.2) is 0 Å². The monoisotopic (exact) mass is 372 g/mol. The number of phenolic OH excluding ortho intramolecular Hbond substituents is 3. The normalized spacial score (nSPS) is 13.1. The minimum atomic E-state index is -1.44. The van der Waals surface area contributed by atoms with E-state index in [4.69, 9.17) is 0 Å². The van der Waals surface area contributed by atoms with Crippen LogP contribution in [0.1, 0.15) is 40.9 Å². The summed E-state index contributed by atoms with van der Waals surface area (Å²) in [4.78, 5) is 12.4. The summed E-state index contributed by atoms with van der Waals surface area (Å²) in [5.41, 5.74) is -0.204. The van der Waals surface area contributed by atoms with Crippen molar-refractivity contribution in [3.8, 4) is 17.2 Å². The van der Waals surface area contributed by atoms with Crippen molar-refractivity contribution in [1.29, 1.82) is 0 Å². The molecule has 6 heteroatoms. The van der Waals surface area contributed by atoms with Crippen molar-refractivity contribution in [2.45, 2.75) is 38.9 Å². The van der Waals surface area contributed by atoms with Crippen molar-refractivity contribution >= 4 is 11.9 Å². The highest BCUT2D eigenvalue weighted by atomic mass is 16.3. The van der Waals surface area contributed by atoms with Gasteiger partial charge in [-0.3, -0.25) is 4.79 Å². The Balaban J connectivity index is 2.31. The summed E-state index contributed by atoms with van der Waals surface area (Å²) in [6.07, 6.45) is 1.14. The number of hydrogen-bond acceptors (Lipinski definition) is 6. The van der Waals surface area contributed by atoms with Crippen molar-refractivity contribution in [2.75, 3.05) is 0 Å². The second-order valence-electron chi connectivity index (χ2n) is 7.09. The minimum Gasteiger partial charge on any atom is -0.508 e. The number of aromatic hydroxyl groups is 3. The van der Waals surface area contributed by atoms with E-state index in [-0.39, 0.29) is 29.0 Å². The van der Waals surface area contributed by atoms with E-state index >= 15 is 0 Å². The molecule has 6 nitrogen and oxygen atoms in total. The van der Waals surface area contributed by atoms with Crippen LogP contribution >= 0.6 is 0 Å². The smallest absolute Gasteiger partial charge is 0.189 e. The third-order valence-corrected chi connectivity index (χ3v) is 4.34. The number of aryl methyl sites for hydroxylation is 1. The molecule has 0 saturated carbocycles. The standard InChI is InChI=1S/C21H24O6/c1-12-4-5-13(18(24)10-12)6-8-16(22)14-7-9-17(23)15(20(14)26)11-19(25)21(2,3)27/h4-10,19,23-27H,11H2,1-3H3/b8-6+. The first-order valence-electron chi connectivity index (χ1n) is 8.47.